The highest BCUT2D eigenvalue weighted by Gasteiger charge is 2.52. The van der Waals surface area contributed by atoms with Gasteiger partial charge in [-0.2, -0.15) is 5.26 Å². The summed E-state index contributed by atoms with van der Waals surface area (Å²) >= 11 is 0. The Kier molecular flexibility index (Phi) is 7.00. The van der Waals surface area contributed by atoms with Crippen molar-refractivity contribution >= 4 is 19.3 Å². The molecule has 1 saturated heterocycles. The maximum atomic E-state index is 14.3. The van der Waals surface area contributed by atoms with E-state index in [1.165, 1.54) is 6.07 Å². The molecule has 2 rings (SSSR count). The molecule has 30 heavy (non-hydrogen) atoms. The van der Waals surface area contributed by atoms with E-state index in [2.05, 4.69) is 5.32 Å². The first-order chi connectivity index (χ1) is 13.7. The van der Waals surface area contributed by atoms with E-state index in [1.807, 2.05) is 33.8 Å². The molecule has 0 bridgehead atoms. The molecule has 6 nitrogen and oxygen atoms in total. The number of amides is 1. The van der Waals surface area contributed by atoms with E-state index in [-0.39, 0.29) is 13.0 Å². The van der Waals surface area contributed by atoms with E-state index in [1.54, 1.807) is 39.0 Å². The molecule has 1 aromatic carbocycles. The number of nitrogens with zero attached hydrogens (tertiary/aromatic N) is 1. The summed E-state index contributed by atoms with van der Waals surface area (Å²) in [6.45, 7) is 13.2. The largest absolute Gasteiger partial charge is 0.492 e. The Morgan fingerprint density at radius 2 is 1.87 bits per heavy atom. The van der Waals surface area contributed by atoms with Crippen LogP contribution in [-0.2, 0) is 20.5 Å². The zero-order valence-corrected chi connectivity index (χ0v) is 18.8. The van der Waals surface area contributed by atoms with Crippen molar-refractivity contribution in [3.8, 4) is 6.07 Å². The minimum atomic E-state index is -0.716. The topological polar surface area (TPSA) is 80.6 Å². The monoisotopic (exact) mass is 416 g/mol. The minimum Gasteiger partial charge on any atom is -0.444 e. The molecule has 0 aromatic heterocycles. The van der Waals surface area contributed by atoms with Crippen molar-refractivity contribution in [3.05, 3.63) is 40.6 Å². The minimum absolute atomic E-state index is 0.000109. The Hall–Kier alpha value is -2.37. The average Bonchev–Trinajstić information content (AvgIpc) is 2.80. The Morgan fingerprint density at radius 1 is 1.27 bits per heavy atom. The summed E-state index contributed by atoms with van der Waals surface area (Å²) < 4.78 is 31.8. The standard InChI is InChI=1S/C22H30BFN2O4/c1-20(2,3)28-19(27)26-14-17(23-29-21(4,5)22(6,7)30-23)12-15-8-9-16(10-11-25)18(24)13-15/h8-9,12-13H,10,14H2,1-7H3,(H,26,27). The Balaban J connectivity index is 2.30. The first-order valence-electron chi connectivity index (χ1n) is 9.92. The molecule has 8 heteroatoms. The number of nitrogens with one attached hydrogen (secondary N) is 1. The van der Waals surface area contributed by atoms with Crippen molar-refractivity contribution in [3.63, 3.8) is 0 Å². The number of carbonyl (C=O) groups is 1. The summed E-state index contributed by atoms with van der Waals surface area (Å²) in [5.74, 6) is -0.460. The lowest BCUT2D eigenvalue weighted by atomic mass is 9.77. The van der Waals surface area contributed by atoms with Crippen LogP contribution < -0.4 is 5.32 Å². The quantitative estimate of drug-likeness (QED) is 0.719. The normalized spacial score (nSPS) is 18.1. The number of hydrogen-bond donors (Lipinski definition) is 1. The number of halogens is 1. The van der Waals surface area contributed by atoms with Crippen LogP contribution in [0.2, 0.25) is 0 Å². The van der Waals surface area contributed by atoms with Crippen molar-refractivity contribution in [1.29, 1.82) is 5.26 Å². The molecule has 0 unspecified atom stereocenters. The van der Waals surface area contributed by atoms with Crippen LogP contribution in [0.4, 0.5) is 9.18 Å². The fraction of sp³-hybridized carbons (Fsp3) is 0.545. The van der Waals surface area contributed by atoms with E-state index in [9.17, 15) is 9.18 Å². The molecular formula is C22H30BFN2O4. The summed E-state index contributed by atoms with van der Waals surface area (Å²) in [7, 11) is -0.716. The third-order valence-electron chi connectivity index (χ3n) is 5.09. The molecule has 1 heterocycles. The lowest BCUT2D eigenvalue weighted by molar-refractivity contribution is 0.00578. The van der Waals surface area contributed by atoms with Crippen LogP contribution in [0.3, 0.4) is 0 Å². The summed E-state index contributed by atoms with van der Waals surface area (Å²) in [4.78, 5) is 12.1. The molecule has 1 amide bonds. The zero-order valence-electron chi connectivity index (χ0n) is 18.8. The maximum absolute atomic E-state index is 14.3. The second-order valence-electron chi connectivity index (χ2n) is 9.35. The van der Waals surface area contributed by atoms with Gasteiger partial charge in [0.05, 0.1) is 23.7 Å². The van der Waals surface area contributed by atoms with E-state index in [0.29, 0.717) is 16.6 Å². The lowest BCUT2D eigenvalue weighted by Gasteiger charge is -2.32. The van der Waals surface area contributed by atoms with Gasteiger partial charge in [-0.15, -0.1) is 0 Å². The highest BCUT2D eigenvalue weighted by atomic mass is 19.1. The number of hydrogen-bond acceptors (Lipinski definition) is 5. The number of benzene rings is 1. The summed E-state index contributed by atoms with van der Waals surface area (Å²) in [6, 6.07) is 6.59. The van der Waals surface area contributed by atoms with Crippen LogP contribution in [-0.4, -0.2) is 36.6 Å². The van der Waals surface area contributed by atoms with Gasteiger partial charge in [0.25, 0.3) is 0 Å². The van der Waals surface area contributed by atoms with Crippen molar-refractivity contribution in [1.82, 2.24) is 5.32 Å². The van der Waals surface area contributed by atoms with Crippen molar-refractivity contribution < 1.29 is 23.2 Å². The molecule has 0 saturated carbocycles. The van der Waals surface area contributed by atoms with Crippen LogP contribution in [0.1, 0.15) is 59.6 Å². The molecule has 1 aliphatic heterocycles. The van der Waals surface area contributed by atoms with Crippen LogP contribution >= 0.6 is 0 Å². The Morgan fingerprint density at radius 3 is 2.37 bits per heavy atom. The summed E-state index contributed by atoms with van der Waals surface area (Å²) in [5, 5.41) is 11.5. The van der Waals surface area contributed by atoms with Gasteiger partial charge in [-0.1, -0.05) is 18.2 Å². The van der Waals surface area contributed by atoms with Gasteiger partial charge in [-0.05, 0) is 65.6 Å². The van der Waals surface area contributed by atoms with Gasteiger partial charge in [-0.25, -0.2) is 9.18 Å². The second kappa shape index (κ2) is 8.79. The van der Waals surface area contributed by atoms with E-state index in [4.69, 9.17) is 19.3 Å². The first kappa shape index (κ1) is 23.9. The number of ether oxygens (including phenoxy) is 1. The SMILES string of the molecule is CC(C)(C)OC(=O)NCC(=Cc1ccc(CC#N)c(F)c1)B1OC(C)(C)C(C)(C)O1. The number of rotatable bonds is 5. The molecule has 1 fully saturated rings. The van der Waals surface area contributed by atoms with Crippen LogP contribution in [0.25, 0.3) is 6.08 Å². The highest BCUT2D eigenvalue weighted by molar-refractivity contribution is 6.56. The first-order valence-corrected chi connectivity index (χ1v) is 9.92. The molecule has 0 atom stereocenters. The Bertz CT molecular complexity index is 853. The molecule has 162 valence electrons. The van der Waals surface area contributed by atoms with Gasteiger partial charge in [-0.3, -0.25) is 0 Å². The third-order valence-corrected chi connectivity index (χ3v) is 5.09. The smallest absolute Gasteiger partial charge is 0.444 e. The predicted octanol–water partition coefficient (Wildman–Crippen LogP) is 4.43. The Labute approximate surface area is 178 Å². The van der Waals surface area contributed by atoms with E-state index < -0.39 is 35.8 Å². The molecule has 0 radical (unpaired) electrons. The van der Waals surface area contributed by atoms with Gasteiger partial charge in [0.2, 0.25) is 0 Å². The van der Waals surface area contributed by atoms with Crippen LogP contribution in [0.15, 0.2) is 23.7 Å². The van der Waals surface area contributed by atoms with Crippen molar-refractivity contribution in [2.45, 2.75) is 71.7 Å². The molecule has 1 aromatic rings. The number of nitriles is 1. The predicted molar refractivity (Wildman–Crippen MR) is 114 cm³/mol. The van der Waals surface area contributed by atoms with Crippen molar-refractivity contribution in [2.24, 2.45) is 0 Å². The number of alkyl carbamates (subject to hydrolysis) is 1. The van der Waals surface area contributed by atoms with Crippen molar-refractivity contribution in [2.75, 3.05) is 6.54 Å². The van der Waals surface area contributed by atoms with E-state index in [0.717, 1.165) is 0 Å². The molecule has 1 N–H and O–H groups in total. The molecule has 1 aliphatic rings. The third kappa shape index (κ3) is 6.07. The maximum Gasteiger partial charge on any atom is 0.492 e. The molecule has 0 aliphatic carbocycles. The molecular weight excluding hydrogens is 386 g/mol. The van der Waals surface area contributed by atoms with Gasteiger partial charge in [0, 0.05) is 12.1 Å². The number of carbonyl (C=O) groups excluding carboxylic acids is 1. The highest BCUT2D eigenvalue weighted by Crippen LogP contribution is 2.38. The summed E-state index contributed by atoms with van der Waals surface area (Å²) in [5.41, 5.74) is -0.233. The fourth-order valence-corrected chi connectivity index (χ4v) is 2.78. The fourth-order valence-electron chi connectivity index (χ4n) is 2.78. The second-order valence-corrected chi connectivity index (χ2v) is 9.35. The van der Waals surface area contributed by atoms with Gasteiger partial charge in [0.15, 0.2) is 0 Å². The van der Waals surface area contributed by atoms with Crippen LogP contribution in [0, 0.1) is 17.1 Å². The van der Waals surface area contributed by atoms with E-state index >= 15 is 0 Å². The summed E-state index contributed by atoms with van der Waals surface area (Å²) in [6.07, 6.45) is 1.15. The van der Waals surface area contributed by atoms with Gasteiger partial charge < -0.3 is 19.4 Å². The molecule has 0 spiro atoms. The zero-order chi connectivity index (χ0) is 22.7. The lowest BCUT2D eigenvalue weighted by Crippen LogP contribution is -2.41. The average molecular weight is 416 g/mol. The van der Waals surface area contributed by atoms with Crippen LogP contribution in [0.5, 0.6) is 0 Å². The van der Waals surface area contributed by atoms with Gasteiger partial charge in [0.1, 0.15) is 11.4 Å². The van der Waals surface area contributed by atoms with Gasteiger partial charge >= 0.3 is 13.2 Å².